The highest BCUT2D eigenvalue weighted by Crippen LogP contribution is 2.32. The number of rotatable bonds is 6. The number of nitrogens with one attached hydrogen (secondary N) is 1. The highest BCUT2D eigenvalue weighted by Gasteiger charge is 2.32. The van der Waals surface area contributed by atoms with Crippen LogP contribution in [0.5, 0.6) is 0 Å². The van der Waals surface area contributed by atoms with Crippen molar-refractivity contribution in [1.82, 2.24) is 20.3 Å². The number of oxime groups is 1. The second-order valence-corrected chi connectivity index (χ2v) is 9.58. The Hall–Kier alpha value is -5.11. The maximum atomic E-state index is 13.4. The molecule has 8 nitrogen and oxygen atoms in total. The van der Waals surface area contributed by atoms with Gasteiger partial charge in [0.05, 0.1) is 28.7 Å². The van der Waals surface area contributed by atoms with Gasteiger partial charge in [0.15, 0.2) is 6.10 Å². The normalized spacial score (nSPS) is 15.4. The lowest BCUT2D eigenvalue weighted by atomic mass is 9.95. The van der Waals surface area contributed by atoms with Gasteiger partial charge in [-0.2, -0.15) is 18.4 Å². The zero-order chi connectivity index (χ0) is 29.1. The lowest BCUT2D eigenvalue weighted by Crippen LogP contribution is -2.27. The molecule has 5 rings (SSSR count). The summed E-state index contributed by atoms with van der Waals surface area (Å²) in [6.07, 6.45) is -0.160. The molecule has 0 bridgehead atoms. The van der Waals surface area contributed by atoms with Gasteiger partial charge in [0.2, 0.25) is 0 Å². The summed E-state index contributed by atoms with van der Waals surface area (Å²) < 4.78 is 38.7. The van der Waals surface area contributed by atoms with E-state index >= 15 is 0 Å². The molecule has 0 aliphatic carbocycles. The SMILES string of the molecule is Cc1cnc(-c2cc(C(=O)N[C@H](C)c3ccc(C(F)(F)F)nc3)cc(C3=NOC(c4ccccn4)C3)c2)c(C#N)c1. The Balaban J connectivity index is 1.47. The third kappa shape index (κ3) is 6.06. The average molecular weight is 557 g/mol. The first-order valence-corrected chi connectivity index (χ1v) is 12.6. The standard InChI is InChI=1S/C30H23F3N6O2/c1-17-9-23(14-34)28(37-15-17)21-10-20(25-13-26(41-39-25)24-5-3-4-8-35-24)11-22(12-21)29(40)38-18(2)19-6-7-27(36-16-19)30(31,32)33/h3-12,15-16,18,26H,13H2,1-2H3,(H,38,40)/t18-,26?/m1/s1. The summed E-state index contributed by atoms with van der Waals surface area (Å²) in [6, 6.07) is 15.9. The maximum absolute atomic E-state index is 13.4. The Kier molecular flexibility index (Phi) is 7.48. The molecular formula is C30H23F3N6O2. The minimum atomic E-state index is -4.56. The van der Waals surface area contributed by atoms with E-state index < -0.39 is 29.9 Å². The number of amides is 1. The molecule has 4 heterocycles. The number of hydrogen-bond acceptors (Lipinski definition) is 7. The fourth-order valence-corrected chi connectivity index (χ4v) is 4.41. The van der Waals surface area contributed by atoms with Crippen molar-refractivity contribution in [3.63, 3.8) is 0 Å². The smallest absolute Gasteiger partial charge is 0.385 e. The summed E-state index contributed by atoms with van der Waals surface area (Å²) in [6.45, 7) is 3.47. The lowest BCUT2D eigenvalue weighted by Gasteiger charge is -2.16. The average Bonchev–Trinajstić information content (AvgIpc) is 3.47. The van der Waals surface area contributed by atoms with Gasteiger partial charge in [0, 0.05) is 41.7 Å². The number of carbonyl (C=O) groups excluding carboxylic acids is 1. The number of alkyl halides is 3. The van der Waals surface area contributed by atoms with E-state index in [1.807, 2.05) is 19.1 Å². The van der Waals surface area contributed by atoms with Crippen LogP contribution in [0.3, 0.4) is 0 Å². The first kappa shape index (κ1) is 27.5. The predicted molar refractivity (Wildman–Crippen MR) is 143 cm³/mol. The van der Waals surface area contributed by atoms with Crippen LogP contribution in [0.2, 0.25) is 0 Å². The lowest BCUT2D eigenvalue weighted by molar-refractivity contribution is -0.141. The summed E-state index contributed by atoms with van der Waals surface area (Å²) in [4.78, 5) is 31.3. The fraction of sp³-hybridized carbons (Fsp3) is 0.200. The van der Waals surface area contributed by atoms with Crippen molar-refractivity contribution >= 4 is 11.6 Å². The summed E-state index contributed by atoms with van der Waals surface area (Å²) in [5.74, 6) is -0.480. The number of hydrogen-bond donors (Lipinski definition) is 1. The molecule has 11 heteroatoms. The van der Waals surface area contributed by atoms with Gasteiger partial charge in [0.1, 0.15) is 11.8 Å². The molecule has 0 saturated carbocycles. The van der Waals surface area contributed by atoms with E-state index in [1.165, 1.54) is 6.07 Å². The van der Waals surface area contributed by atoms with Crippen molar-refractivity contribution in [3.05, 3.63) is 112 Å². The number of carbonyl (C=O) groups is 1. The van der Waals surface area contributed by atoms with Crippen LogP contribution in [0, 0.1) is 18.3 Å². The van der Waals surface area contributed by atoms with Crippen molar-refractivity contribution in [2.45, 2.75) is 38.6 Å². The van der Waals surface area contributed by atoms with E-state index in [0.717, 1.165) is 17.8 Å². The molecule has 1 aliphatic rings. The molecule has 1 N–H and O–H groups in total. The molecule has 3 aromatic heterocycles. The quantitative estimate of drug-likeness (QED) is 0.307. The molecular weight excluding hydrogens is 533 g/mol. The van der Waals surface area contributed by atoms with Gasteiger partial charge in [-0.05, 0) is 67.4 Å². The highest BCUT2D eigenvalue weighted by molar-refractivity contribution is 6.05. The molecule has 0 radical (unpaired) electrons. The van der Waals surface area contributed by atoms with E-state index in [1.54, 1.807) is 49.6 Å². The van der Waals surface area contributed by atoms with Crippen LogP contribution in [0.1, 0.15) is 69.5 Å². The third-order valence-corrected chi connectivity index (χ3v) is 6.56. The summed E-state index contributed by atoms with van der Waals surface area (Å²) in [5.41, 5.74) is 3.61. The van der Waals surface area contributed by atoms with E-state index in [2.05, 4.69) is 31.5 Å². The van der Waals surface area contributed by atoms with Gasteiger partial charge < -0.3 is 10.2 Å². The molecule has 41 heavy (non-hydrogen) atoms. The van der Waals surface area contributed by atoms with Crippen LogP contribution in [0.4, 0.5) is 13.2 Å². The van der Waals surface area contributed by atoms with Crippen LogP contribution in [-0.4, -0.2) is 26.6 Å². The Morgan fingerprint density at radius 3 is 2.56 bits per heavy atom. The molecule has 206 valence electrons. The molecule has 1 aliphatic heterocycles. The second-order valence-electron chi connectivity index (χ2n) is 9.58. The Morgan fingerprint density at radius 1 is 1.07 bits per heavy atom. The number of nitriles is 1. The maximum Gasteiger partial charge on any atom is 0.433 e. The predicted octanol–water partition coefficient (Wildman–Crippen LogP) is 6.09. The van der Waals surface area contributed by atoms with E-state index in [4.69, 9.17) is 4.84 Å². The summed E-state index contributed by atoms with van der Waals surface area (Å²) in [7, 11) is 0. The molecule has 4 aromatic rings. The van der Waals surface area contributed by atoms with Crippen molar-refractivity contribution < 1.29 is 22.8 Å². The molecule has 2 atom stereocenters. The minimum absolute atomic E-state index is 0.250. The van der Waals surface area contributed by atoms with Gasteiger partial charge in [0.25, 0.3) is 5.91 Å². The molecule has 0 spiro atoms. The Bertz CT molecular complexity index is 1660. The Morgan fingerprint density at radius 2 is 1.88 bits per heavy atom. The zero-order valence-electron chi connectivity index (χ0n) is 22.0. The van der Waals surface area contributed by atoms with Gasteiger partial charge in [-0.3, -0.25) is 19.7 Å². The molecule has 1 unspecified atom stereocenters. The topological polar surface area (TPSA) is 113 Å². The van der Waals surface area contributed by atoms with Crippen molar-refractivity contribution in [3.8, 4) is 17.3 Å². The number of benzene rings is 1. The first-order chi connectivity index (χ1) is 19.6. The van der Waals surface area contributed by atoms with Gasteiger partial charge >= 0.3 is 6.18 Å². The van der Waals surface area contributed by atoms with E-state index in [-0.39, 0.29) is 5.56 Å². The number of aromatic nitrogens is 3. The number of pyridine rings is 3. The highest BCUT2D eigenvalue weighted by atomic mass is 19.4. The first-order valence-electron chi connectivity index (χ1n) is 12.6. The van der Waals surface area contributed by atoms with Crippen LogP contribution in [-0.2, 0) is 11.0 Å². The van der Waals surface area contributed by atoms with Gasteiger partial charge in [-0.25, -0.2) is 0 Å². The largest absolute Gasteiger partial charge is 0.433 e. The number of aryl methyl sites for hydroxylation is 1. The zero-order valence-corrected chi connectivity index (χ0v) is 22.0. The van der Waals surface area contributed by atoms with E-state index in [0.29, 0.717) is 45.8 Å². The van der Waals surface area contributed by atoms with Crippen molar-refractivity contribution in [2.75, 3.05) is 0 Å². The third-order valence-electron chi connectivity index (χ3n) is 6.56. The van der Waals surface area contributed by atoms with Crippen LogP contribution >= 0.6 is 0 Å². The van der Waals surface area contributed by atoms with Crippen LogP contribution in [0.25, 0.3) is 11.3 Å². The second kappa shape index (κ2) is 11.2. The summed E-state index contributed by atoms with van der Waals surface area (Å²) in [5, 5.41) is 16.8. The van der Waals surface area contributed by atoms with Crippen molar-refractivity contribution in [2.24, 2.45) is 5.16 Å². The summed E-state index contributed by atoms with van der Waals surface area (Å²) >= 11 is 0. The number of nitrogens with zero attached hydrogens (tertiary/aromatic N) is 5. The minimum Gasteiger partial charge on any atom is -0.385 e. The Labute approximate surface area is 233 Å². The van der Waals surface area contributed by atoms with Gasteiger partial charge in [-0.15, -0.1) is 0 Å². The molecule has 1 amide bonds. The van der Waals surface area contributed by atoms with Gasteiger partial charge in [-0.1, -0.05) is 17.3 Å². The fourth-order valence-electron chi connectivity index (χ4n) is 4.41. The molecule has 0 fully saturated rings. The number of halogens is 3. The van der Waals surface area contributed by atoms with Crippen LogP contribution in [0.15, 0.2) is 78.3 Å². The van der Waals surface area contributed by atoms with Crippen molar-refractivity contribution in [1.29, 1.82) is 5.26 Å². The van der Waals surface area contributed by atoms with E-state index in [9.17, 15) is 23.2 Å². The van der Waals surface area contributed by atoms with Crippen LogP contribution < -0.4 is 5.32 Å². The molecule has 0 saturated heterocycles. The molecule has 1 aromatic carbocycles. The monoisotopic (exact) mass is 556 g/mol.